The summed E-state index contributed by atoms with van der Waals surface area (Å²) in [6.45, 7) is 3.53. The van der Waals surface area contributed by atoms with E-state index in [2.05, 4.69) is 15.5 Å². The number of fused-ring (bicyclic) bond motifs is 1. The standard InChI is InChI=1S/C23H23N5O2/c1-2-13-28-23(30)20-7-4-3-6-19(20)21(26-28)22(29)24-15-17-8-10-18(11-9-17)16-27-14-5-12-25-27/h3-12,14H,2,13,15-16H2,1H3,(H,24,29). The number of hydrogen-bond donors (Lipinski definition) is 1. The van der Waals surface area contributed by atoms with Crippen LogP contribution in [0.2, 0.25) is 0 Å². The van der Waals surface area contributed by atoms with Crippen LogP contribution in [0.25, 0.3) is 10.8 Å². The van der Waals surface area contributed by atoms with Crippen molar-refractivity contribution in [2.45, 2.75) is 33.0 Å². The Hall–Kier alpha value is -3.74. The fourth-order valence-electron chi connectivity index (χ4n) is 3.38. The number of hydrogen-bond acceptors (Lipinski definition) is 4. The van der Waals surface area contributed by atoms with Crippen molar-refractivity contribution in [1.29, 1.82) is 0 Å². The monoisotopic (exact) mass is 401 g/mol. The Labute approximate surface area is 174 Å². The van der Waals surface area contributed by atoms with Crippen LogP contribution in [0.4, 0.5) is 0 Å². The van der Waals surface area contributed by atoms with Crippen molar-refractivity contribution in [3.05, 3.63) is 94.2 Å². The van der Waals surface area contributed by atoms with Crippen molar-refractivity contribution in [2.24, 2.45) is 0 Å². The van der Waals surface area contributed by atoms with Crippen molar-refractivity contribution >= 4 is 16.7 Å². The second kappa shape index (κ2) is 8.73. The Bertz CT molecular complexity index is 1210. The third-order valence-corrected chi connectivity index (χ3v) is 4.90. The van der Waals surface area contributed by atoms with Crippen LogP contribution in [0.3, 0.4) is 0 Å². The van der Waals surface area contributed by atoms with E-state index < -0.39 is 0 Å². The maximum absolute atomic E-state index is 12.9. The van der Waals surface area contributed by atoms with Crippen molar-refractivity contribution in [1.82, 2.24) is 24.9 Å². The summed E-state index contributed by atoms with van der Waals surface area (Å²) >= 11 is 0. The minimum atomic E-state index is -0.295. The molecule has 152 valence electrons. The van der Waals surface area contributed by atoms with Gasteiger partial charge in [-0.25, -0.2) is 4.68 Å². The zero-order valence-electron chi connectivity index (χ0n) is 16.8. The summed E-state index contributed by atoms with van der Waals surface area (Å²) in [5.74, 6) is -0.295. The summed E-state index contributed by atoms with van der Waals surface area (Å²) in [7, 11) is 0. The van der Waals surface area contributed by atoms with Gasteiger partial charge in [0, 0.05) is 30.9 Å². The normalized spacial score (nSPS) is 11.0. The number of amides is 1. The molecule has 4 aromatic rings. The number of carbonyl (C=O) groups excluding carboxylic acids is 1. The molecule has 2 aromatic heterocycles. The smallest absolute Gasteiger partial charge is 0.274 e. The molecule has 1 N–H and O–H groups in total. The highest BCUT2D eigenvalue weighted by molar-refractivity contribution is 6.04. The van der Waals surface area contributed by atoms with E-state index in [1.165, 1.54) is 4.68 Å². The third kappa shape index (κ3) is 4.15. The molecule has 0 radical (unpaired) electrons. The predicted octanol–water partition coefficient (Wildman–Crippen LogP) is 2.98. The van der Waals surface area contributed by atoms with Crippen LogP contribution in [0.1, 0.15) is 35.0 Å². The van der Waals surface area contributed by atoms with Crippen molar-refractivity contribution in [2.75, 3.05) is 0 Å². The number of rotatable bonds is 7. The molecule has 0 unspecified atom stereocenters. The average Bonchev–Trinajstić information content (AvgIpc) is 3.28. The van der Waals surface area contributed by atoms with Gasteiger partial charge in [0.2, 0.25) is 0 Å². The molecule has 0 aliphatic heterocycles. The van der Waals surface area contributed by atoms with E-state index in [4.69, 9.17) is 0 Å². The molecular formula is C23H23N5O2. The Morgan fingerprint density at radius 2 is 1.73 bits per heavy atom. The Balaban J connectivity index is 1.51. The largest absolute Gasteiger partial charge is 0.347 e. The maximum Gasteiger partial charge on any atom is 0.274 e. The summed E-state index contributed by atoms with van der Waals surface area (Å²) < 4.78 is 3.24. The first-order chi connectivity index (χ1) is 14.7. The number of nitrogens with one attached hydrogen (secondary N) is 1. The SMILES string of the molecule is CCCn1nc(C(=O)NCc2ccc(Cn3cccn3)cc2)c2ccccc2c1=O. The predicted molar refractivity (Wildman–Crippen MR) is 115 cm³/mol. The van der Waals surface area contributed by atoms with Crippen molar-refractivity contribution in [3.63, 3.8) is 0 Å². The van der Waals surface area contributed by atoms with Crippen LogP contribution >= 0.6 is 0 Å². The number of benzene rings is 2. The number of aromatic nitrogens is 4. The minimum absolute atomic E-state index is 0.170. The minimum Gasteiger partial charge on any atom is -0.347 e. The van der Waals surface area contributed by atoms with E-state index in [9.17, 15) is 9.59 Å². The molecule has 0 bridgehead atoms. The van der Waals surface area contributed by atoms with E-state index in [1.807, 2.05) is 54.2 Å². The van der Waals surface area contributed by atoms with E-state index in [0.29, 0.717) is 30.4 Å². The highest BCUT2D eigenvalue weighted by atomic mass is 16.2. The molecule has 0 atom stereocenters. The molecular weight excluding hydrogens is 378 g/mol. The average molecular weight is 401 g/mol. The molecule has 0 saturated carbocycles. The highest BCUT2D eigenvalue weighted by Crippen LogP contribution is 2.14. The summed E-state index contributed by atoms with van der Waals surface area (Å²) in [5, 5.41) is 12.6. The van der Waals surface area contributed by atoms with Gasteiger partial charge in [0.05, 0.1) is 11.9 Å². The molecule has 30 heavy (non-hydrogen) atoms. The van der Waals surface area contributed by atoms with Gasteiger partial charge in [-0.05, 0) is 29.7 Å². The van der Waals surface area contributed by atoms with E-state index in [1.54, 1.807) is 24.4 Å². The van der Waals surface area contributed by atoms with Gasteiger partial charge in [0.15, 0.2) is 5.69 Å². The molecule has 0 saturated heterocycles. The van der Waals surface area contributed by atoms with Crippen LogP contribution in [-0.2, 0) is 19.6 Å². The van der Waals surface area contributed by atoms with Gasteiger partial charge in [0.1, 0.15) is 0 Å². The van der Waals surface area contributed by atoms with Crippen LogP contribution < -0.4 is 10.9 Å². The lowest BCUT2D eigenvalue weighted by Crippen LogP contribution is -2.30. The molecule has 7 nitrogen and oxygen atoms in total. The molecule has 2 aromatic carbocycles. The van der Waals surface area contributed by atoms with Gasteiger partial charge in [-0.1, -0.05) is 49.4 Å². The molecule has 7 heteroatoms. The first kappa shape index (κ1) is 19.6. The van der Waals surface area contributed by atoms with Crippen molar-refractivity contribution < 1.29 is 4.79 Å². The molecule has 4 rings (SSSR count). The van der Waals surface area contributed by atoms with E-state index >= 15 is 0 Å². The lowest BCUT2D eigenvalue weighted by molar-refractivity contribution is 0.0945. The van der Waals surface area contributed by atoms with Crippen LogP contribution in [0.15, 0.2) is 71.8 Å². The van der Waals surface area contributed by atoms with Gasteiger partial charge < -0.3 is 5.32 Å². The van der Waals surface area contributed by atoms with E-state index in [0.717, 1.165) is 17.5 Å². The zero-order chi connectivity index (χ0) is 20.9. The molecule has 0 aliphatic rings. The fourth-order valence-corrected chi connectivity index (χ4v) is 3.38. The van der Waals surface area contributed by atoms with E-state index in [-0.39, 0.29) is 17.2 Å². The topological polar surface area (TPSA) is 81.8 Å². The Morgan fingerprint density at radius 3 is 2.43 bits per heavy atom. The highest BCUT2D eigenvalue weighted by Gasteiger charge is 2.16. The summed E-state index contributed by atoms with van der Waals surface area (Å²) in [4.78, 5) is 25.5. The van der Waals surface area contributed by atoms with Crippen LogP contribution in [0, 0.1) is 0 Å². The fraction of sp³-hybridized carbons (Fsp3) is 0.217. The van der Waals surface area contributed by atoms with Gasteiger partial charge in [-0.2, -0.15) is 10.2 Å². The summed E-state index contributed by atoms with van der Waals surface area (Å²) in [5.41, 5.74) is 2.22. The van der Waals surface area contributed by atoms with Gasteiger partial charge in [-0.15, -0.1) is 0 Å². The Kier molecular flexibility index (Phi) is 5.70. The van der Waals surface area contributed by atoms with Crippen LogP contribution in [-0.4, -0.2) is 25.5 Å². The number of nitrogens with zero attached hydrogens (tertiary/aromatic N) is 4. The lowest BCUT2D eigenvalue weighted by Gasteiger charge is -2.11. The molecule has 2 heterocycles. The van der Waals surface area contributed by atoms with Gasteiger partial charge in [-0.3, -0.25) is 14.3 Å². The third-order valence-electron chi connectivity index (χ3n) is 4.90. The quantitative estimate of drug-likeness (QED) is 0.516. The second-order valence-electron chi connectivity index (χ2n) is 7.13. The summed E-state index contributed by atoms with van der Waals surface area (Å²) in [6.07, 6.45) is 4.44. The molecule has 0 aliphatic carbocycles. The first-order valence-corrected chi connectivity index (χ1v) is 9.99. The lowest BCUT2D eigenvalue weighted by atomic mass is 10.1. The Morgan fingerprint density at radius 1 is 1.00 bits per heavy atom. The van der Waals surface area contributed by atoms with Crippen LogP contribution in [0.5, 0.6) is 0 Å². The number of aryl methyl sites for hydroxylation is 1. The van der Waals surface area contributed by atoms with Gasteiger partial charge >= 0.3 is 0 Å². The number of carbonyl (C=O) groups is 1. The summed E-state index contributed by atoms with van der Waals surface area (Å²) in [6, 6.07) is 17.0. The molecule has 1 amide bonds. The maximum atomic E-state index is 12.9. The first-order valence-electron chi connectivity index (χ1n) is 9.99. The van der Waals surface area contributed by atoms with Gasteiger partial charge in [0.25, 0.3) is 11.5 Å². The molecule has 0 fully saturated rings. The molecule has 0 spiro atoms. The van der Waals surface area contributed by atoms with Crippen molar-refractivity contribution in [3.8, 4) is 0 Å². The zero-order valence-corrected chi connectivity index (χ0v) is 16.8. The second-order valence-corrected chi connectivity index (χ2v) is 7.13.